The maximum absolute atomic E-state index is 5.81. The second-order valence-corrected chi connectivity index (χ2v) is 7.75. The van der Waals surface area contributed by atoms with E-state index in [0.717, 1.165) is 42.7 Å². The van der Waals surface area contributed by atoms with Gasteiger partial charge in [-0.1, -0.05) is 36.4 Å². The molecule has 3 rings (SSSR count). The van der Waals surface area contributed by atoms with Gasteiger partial charge in [0.25, 0.3) is 0 Å². The summed E-state index contributed by atoms with van der Waals surface area (Å²) < 4.78 is 16.8. The fraction of sp³-hybridized carbons (Fsp3) is 0.480. The molecule has 7 heteroatoms. The topological polar surface area (TPSA) is 67.4 Å². The molecule has 0 radical (unpaired) electrons. The minimum atomic E-state index is 0.231. The molecule has 0 spiro atoms. The summed E-state index contributed by atoms with van der Waals surface area (Å²) >= 11 is 0. The summed E-state index contributed by atoms with van der Waals surface area (Å²) in [5, 5.41) is 6.83. The van der Waals surface area contributed by atoms with E-state index < -0.39 is 0 Å². The molecule has 174 valence electrons. The summed E-state index contributed by atoms with van der Waals surface area (Å²) in [5.41, 5.74) is 2.25. The van der Waals surface area contributed by atoms with E-state index in [9.17, 15) is 0 Å². The van der Waals surface area contributed by atoms with Gasteiger partial charge in [-0.05, 0) is 38.1 Å². The number of nitrogens with zero attached hydrogens (tertiary/aromatic N) is 2. The minimum absolute atomic E-state index is 0.231. The van der Waals surface area contributed by atoms with Crippen LogP contribution in [0, 0.1) is 0 Å². The van der Waals surface area contributed by atoms with Gasteiger partial charge in [0, 0.05) is 31.3 Å². The van der Waals surface area contributed by atoms with Crippen LogP contribution >= 0.6 is 0 Å². The van der Waals surface area contributed by atoms with Crippen molar-refractivity contribution in [1.29, 1.82) is 0 Å². The largest absolute Gasteiger partial charge is 0.496 e. The lowest BCUT2D eigenvalue weighted by molar-refractivity contribution is 0.123. The van der Waals surface area contributed by atoms with Gasteiger partial charge in [-0.3, -0.25) is 9.89 Å². The van der Waals surface area contributed by atoms with Crippen molar-refractivity contribution in [3.05, 3.63) is 59.7 Å². The molecule has 1 heterocycles. The third-order valence-electron chi connectivity index (χ3n) is 5.75. The minimum Gasteiger partial charge on any atom is -0.496 e. The zero-order chi connectivity index (χ0) is 22.6. The van der Waals surface area contributed by atoms with Crippen LogP contribution in [0.3, 0.4) is 0 Å². The lowest BCUT2D eigenvalue weighted by Crippen LogP contribution is -2.43. The number of benzene rings is 2. The number of methoxy groups -OCH3 is 2. The summed E-state index contributed by atoms with van der Waals surface area (Å²) in [6.45, 7) is 4.71. The van der Waals surface area contributed by atoms with E-state index in [4.69, 9.17) is 14.2 Å². The molecular formula is C25H36N4O3. The van der Waals surface area contributed by atoms with Gasteiger partial charge in [0.2, 0.25) is 0 Å². The van der Waals surface area contributed by atoms with E-state index in [1.165, 1.54) is 18.4 Å². The molecule has 1 aliphatic rings. The zero-order valence-electron chi connectivity index (χ0n) is 19.5. The zero-order valence-corrected chi connectivity index (χ0v) is 19.5. The van der Waals surface area contributed by atoms with Gasteiger partial charge in [-0.15, -0.1) is 0 Å². The van der Waals surface area contributed by atoms with Gasteiger partial charge in [0.05, 0.1) is 33.5 Å². The number of ether oxygens (including phenoxy) is 3. The van der Waals surface area contributed by atoms with Gasteiger partial charge < -0.3 is 24.8 Å². The Morgan fingerprint density at radius 1 is 0.969 bits per heavy atom. The number of hydrogen-bond donors (Lipinski definition) is 2. The summed E-state index contributed by atoms with van der Waals surface area (Å²) in [6.07, 6.45) is 2.48. The third kappa shape index (κ3) is 6.61. The molecule has 1 fully saturated rings. The molecule has 1 atom stereocenters. The van der Waals surface area contributed by atoms with Crippen LogP contribution in [-0.4, -0.2) is 64.9 Å². The molecule has 2 aromatic carbocycles. The van der Waals surface area contributed by atoms with E-state index in [1.54, 1.807) is 21.3 Å². The molecule has 0 amide bonds. The van der Waals surface area contributed by atoms with Crippen LogP contribution in [-0.2, 0) is 11.3 Å². The summed E-state index contributed by atoms with van der Waals surface area (Å²) in [6, 6.07) is 16.4. The maximum atomic E-state index is 5.81. The average molecular weight is 441 g/mol. The Bertz CT molecular complexity index is 853. The lowest BCUT2D eigenvalue weighted by Gasteiger charge is -2.30. The van der Waals surface area contributed by atoms with E-state index >= 15 is 0 Å². The number of likely N-dealkylation sites (tertiary alicyclic amines) is 1. The maximum Gasteiger partial charge on any atom is 0.191 e. The van der Waals surface area contributed by atoms with Crippen LogP contribution in [0.15, 0.2) is 53.5 Å². The second-order valence-electron chi connectivity index (χ2n) is 7.75. The molecule has 2 N–H and O–H groups in total. The van der Waals surface area contributed by atoms with Crippen LogP contribution in [0.1, 0.15) is 30.0 Å². The van der Waals surface area contributed by atoms with Crippen LogP contribution in [0.2, 0.25) is 0 Å². The van der Waals surface area contributed by atoms with E-state index in [0.29, 0.717) is 19.8 Å². The molecule has 0 saturated carbocycles. The summed E-state index contributed by atoms with van der Waals surface area (Å²) in [4.78, 5) is 6.90. The summed E-state index contributed by atoms with van der Waals surface area (Å²) in [7, 11) is 5.20. The quantitative estimate of drug-likeness (QED) is 0.318. The molecule has 0 bridgehead atoms. The van der Waals surface area contributed by atoms with E-state index in [1.807, 2.05) is 36.4 Å². The van der Waals surface area contributed by atoms with Crippen molar-refractivity contribution in [2.75, 3.05) is 54.1 Å². The first-order valence-electron chi connectivity index (χ1n) is 11.3. The highest BCUT2D eigenvalue weighted by Gasteiger charge is 2.26. The number of guanidine groups is 1. The Morgan fingerprint density at radius 3 is 2.38 bits per heavy atom. The molecule has 7 nitrogen and oxygen atoms in total. The fourth-order valence-corrected chi connectivity index (χ4v) is 4.09. The van der Waals surface area contributed by atoms with Crippen molar-refractivity contribution >= 4 is 5.96 Å². The normalized spacial score (nSPS) is 15.4. The van der Waals surface area contributed by atoms with Crippen LogP contribution in [0.4, 0.5) is 0 Å². The first-order chi connectivity index (χ1) is 15.8. The first kappa shape index (κ1) is 23.9. The Labute approximate surface area is 191 Å². The molecule has 0 aromatic heterocycles. The average Bonchev–Trinajstić information content (AvgIpc) is 3.38. The van der Waals surface area contributed by atoms with Crippen LogP contribution < -0.4 is 20.1 Å². The van der Waals surface area contributed by atoms with Crippen molar-refractivity contribution in [3.8, 4) is 11.5 Å². The number of rotatable bonds is 11. The molecule has 1 unspecified atom stereocenters. The van der Waals surface area contributed by atoms with E-state index in [-0.39, 0.29) is 6.04 Å². The van der Waals surface area contributed by atoms with Gasteiger partial charge in [-0.25, -0.2) is 0 Å². The molecule has 2 aromatic rings. The molecule has 32 heavy (non-hydrogen) atoms. The van der Waals surface area contributed by atoms with Gasteiger partial charge in [0.1, 0.15) is 11.5 Å². The van der Waals surface area contributed by atoms with Crippen molar-refractivity contribution in [2.45, 2.75) is 25.5 Å². The number of para-hydroxylation sites is 2. The van der Waals surface area contributed by atoms with Crippen molar-refractivity contribution < 1.29 is 14.2 Å². The molecule has 1 aliphatic heterocycles. The summed E-state index contributed by atoms with van der Waals surface area (Å²) in [5.74, 6) is 2.55. The lowest BCUT2D eigenvalue weighted by atomic mass is 10.0. The number of hydrogen-bond acceptors (Lipinski definition) is 5. The third-order valence-corrected chi connectivity index (χ3v) is 5.75. The molecule has 1 saturated heterocycles. The van der Waals surface area contributed by atoms with Crippen LogP contribution in [0.25, 0.3) is 0 Å². The Hall–Kier alpha value is -2.77. The van der Waals surface area contributed by atoms with Gasteiger partial charge in [-0.2, -0.15) is 0 Å². The molecule has 0 aliphatic carbocycles. The van der Waals surface area contributed by atoms with Crippen molar-refractivity contribution in [3.63, 3.8) is 0 Å². The predicted molar refractivity (Wildman–Crippen MR) is 129 cm³/mol. The highest BCUT2D eigenvalue weighted by molar-refractivity contribution is 5.79. The Balaban J connectivity index is 1.49. The van der Waals surface area contributed by atoms with E-state index in [2.05, 4.69) is 32.7 Å². The Kier molecular flexibility index (Phi) is 9.65. The molecular weight excluding hydrogens is 404 g/mol. The number of aliphatic imine (C=N–C) groups is 1. The standard InChI is InChI=1S/C25H36N4O3/c1-26-25(27-14-17-32-19-20-10-4-6-12-23(20)30-2)28-18-22(29-15-8-9-16-29)21-11-5-7-13-24(21)31-3/h4-7,10-13,22H,8-9,14-19H2,1-3H3,(H2,26,27,28). The Morgan fingerprint density at radius 2 is 1.66 bits per heavy atom. The van der Waals surface area contributed by atoms with Crippen molar-refractivity contribution in [2.24, 2.45) is 4.99 Å². The fourth-order valence-electron chi connectivity index (χ4n) is 4.09. The first-order valence-corrected chi connectivity index (χ1v) is 11.3. The number of nitrogens with one attached hydrogen (secondary N) is 2. The second kappa shape index (κ2) is 12.9. The van der Waals surface area contributed by atoms with Gasteiger partial charge >= 0.3 is 0 Å². The van der Waals surface area contributed by atoms with Gasteiger partial charge in [0.15, 0.2) is 5.96 Å². The monoisotopic (exact) mass is 440 g/mol. The highest BCUT2D eigenvalue weighted by Crippen LogP contribution is 2.31. The smallest absolute Gasteiger partial charge is 0.191 e. The predicted octanol–water partition coefficient (Wildman–Crippen LogP) is 3.22. The van der Waals surface area contributed by atoms with Crippen LogP contribution in [0.5, 0.6) is 11.5 Å². The van der Waals surface area contributed by atoms with Crippen molar-refractivity contribution in [1.82, 2.24) is 15.5 Å². The highest BCUT2D eigenvalue weighted by atomic mass is 16.5. The SMILES string of the molecule is CN=C(NCCOCc1ccccc1OC)NCC(c1ccccc1OC)N1CCCC1.